The zero-order chi connectivity index (χ0) is 16.0. The van der Waals surface area contributed by atoms with Crippen LogP contribution < -0.4 is 15.8 Å². The Bertz CT molecular complexity index is 591. The summed E-state index contributed by atoms with van der Waals surface area (Å²) in [6.07, 6.45) is 0.866. The summed E-state index contributed by atoms with van der Waals surface area (Å²) in [4.78, 5) is 12.0. The number of carbonyl (C=O) groups is 1. The molecule has 0 aromatic heterocycles. The van der Waals surface area contributed by atoms with Gasteiger partial charge in [-0.3, -0.25) is 4.79 Å². The fourth-order valence-electron chi connectivity index (χ4n) is 2.24. The van der Waals surface area contributed by atoms with E-state index in [0.29, 0.717) is 13.0 Å². The molecule has 7 nitrogen and oxygen atoms in total. The van der Waals surface area contributed by atoms with Crippen LogP contribution in [0.1, 0.15) is 12.8 Å². The highest BCUT2D eigenvalue weighted by molar-refractivity contribution is 7.89. The summed E-state index contributed by atoms with van der Waals surface area (Å²) in [5.74, 6) is -0.227. The van der Waals surface area contributed by atoms with Gasteiger partial charge in [-0.1, -0.05) is 18.2 Å². The largest absolute Gasteiger partial charge is 0.364 e. The minimum Gasteiger partial charge on any atom is -0.364 e. The van der Waals surface area contributed by atoms with Gasteiger partial charge in [-0.15, -0.1) is 0 Å². The maximum atomic E-state index is 12.0. The molecule has 2 atom stereocenters. The molecule has 0 aliphatic carbocycles. The molecule has 1 amide bonds. The number of nitrogens with one attached hydrogen (secondary N) is 2. The third-order valence-corrected chi connectivity index (χ3v) is 4.91. The van der Waals surface area contributed by atoms with Gasteiger partial charge in [0.2, 0.25) is 15.9 Å². The minimum atomic E-state index is -3.54. The molecule has 1 aromatic carbocycles. The number of amides is 1. The molecule has 8 heteroatoms. The zero-order valence-electron chi connectivity index (χ0n) is 12.2. The summed E-state index contributed by atoms with van der Waals surface area (Å²) in [6.45, 7) is 0.731. The average Bonchev–Trinajstić information content (AvgIpc) is 3.01. The molecule has 0 unspecified atom stereocenters. The van der Waals surface area contributed by atoms with Crippen molar-refractivity contribution in [1.29, 1.82) is 0 Å². The number of benzene rings is 1. The molecule has 1 heterocycles. The first-order valence-electron chi connectivity index (χ1n) is 7.21. The highest BCUT2D eigenvalue weighted by atomic mass is 32.2. The van der Waals surface area contributed by atoms with Crippen LogP contribution in [0.15, 0.2) is 35.2 Å². The van der Waals surface area contributed by atoms with Gasteiger partial charge in [-0.05, 0) is 25.0 Å². The van der Waals surface area contributed by atoms with E-state index in [4.69, 9.17) is 10.5 Å². The Morgan fingerprint density at radius 2 is 1.95 bits per heavy atom. The van der Waals surface area contributed by atoms with Gasteiger partial charge in [-0.25, -0.2) is 13.1 Å². The number of nitrogens with two attached hydrogens (primary N) is 1. The summed E-state index contributed by atoms with van der Waals surface area (Å²) in [5, 5.41) is 2.66. The molecule has 1 aliphatic rings. The van der Waals surface area contributed by atoms with Crippen LogP contribution in [-0.4, -0.2) is 46.2 Å². The summed E-state index contributed by atoms with van der Waals surface area (Å²) in [6, 6.07) is 8.08. The van der Waals surface area contributed by atoms with E-state index in [-0.39, 0.29) is 30.0 Å². The quantitative estimate of drug-likeness (QED) is 0.590. The summed E-state index contributed by atoms with van der Waals surface area (Å²) < 4.78 is 31.8. The van der Waals surface area contributed by atoms with Crippen molar-refractivity contribution in [3.05, 3.63) is 30.3 Å². The van der Waals surface area contributed by atoms with Crippen molar-refractivity contribution in [2.24, 2.45) is 5.73 Å². The molecule has 4 N–H and O–H groups in total. The van der Waals surface area contributed by atoms with Gasteiger partial charge in [0.05, 0.1) is 11.0 Å². The van der Waals surface area contributed by atoms with Gasteiger partial charge < -0.3 is 15.8 Å². The van der Waals surface area contributed by atoms with E-state index in [1.54, 1.807) is 18.2 Å². The fraction of sp³-hybridized carbons (Fsp3) is 0.500. The predicted octanol–water partition coefficient (Wildman–Crippen LogP) is -0.413. The first kappa shape index (κ1) is 16.9. The molecule has 1 aromatic rings. The van der Waals surface area contributed by atoms with Crippen LogP contribution in [0.5, 0.6) is 0 Å². The Morgan fingerprint density at radius 3 is 2.59 bits per heavy atom. The Morgan fingerprint density at radius 1 is 1.23 bits per heavy atom. The first-order valence-corrected chi connectivity index (χ1v) is 8.69. The van der Waals surface area contributed by atoms with Gasteiger partial charge in [0.25, 0.3) is 0 Å². The first-order chi connectivity index (χ1) is 10.5. The van der Waals surface area contributed by atoms with Crippen molar-refractivity contribution in [2.75, 3.05) is 19.6 Å². The molecule has 0 bridgehead atoms. The number of hydrogen-bond donors (Lipinski definition) is 3. The van der Waals surface area contributed by atoms with Crippen LogP contribution in [-0.2, 0) is 19.6 Å². The van der Waals surface area contributed by atoms with Crippen molar-refractivity contribution in [3.63, 3.8) is 0 Å². The summed E-state index contributed by atoms with van der Waals surface area (Å²) >= 11 is 0. The Labute approximate surface area is 130 Å². The van der Waals surface area contributed by atoms with E-state index in [0.717, 1.165) is 6.42 Å². The highest BCUT2D eigenvalue weighted by Gasteiger charge is 2.29. The molecule has 0 spiro atoms. The topological polar surface area (TPSA) is 111 Å². The fourth-order valence-corrected chi connectivity index (χ4v) is 3.29. The number of sulfonamides is 1. The van der Waals surface area contributed by atoms with Crippen LogP contribution >= 0.6 is 0 Å². The lowest BCUT2D eigenvalue weighted by Gasteiger charge is -2.13. The van der Waals surface area contributed by atoms with Gasteiger partial charge >= 0.3 is 0 Å². The van der Waals surface area contributed by atoms with Crippen LogP contribution in [0, 0.1) is 0 Å². The minimum absolute atomic E-state index is 0.0627. The number of ether oxygens (including phenoxy) is 1. The van der Waals surface area contributed by atoms with Crippen LogP contribution in [0.4, 0.5) is 0 Å². The molecule has 1 saturated heterocycles. The van der Waals surface area contributed by atoms with E-state index in [1.165, 1.54) is 12.1 Å². The molecular formula is C14H21N3O4S. The van der Waals surface area contributed by atoms with Crippen molar-refractivity contribution >= 4 is 15.9 Å². The molecule has 122 valence electrons. The molecule has 22 heavy (non-hydrogen) atoms. The molecule has 0 radical (unpaired) electrons. The second-order valence-electron chi connectivity index (χ2n) is 5.06. The average molecular weight is 327 g/mol. The molecule has 0 saturated carbocycles. The van der Waals surface area contributed by atoms with Crippen LogP contribution in [0.3, 0.4) is 0 Å². The molecule has 2 rings (SSSR count). The van der Waals surface area contributed by atoms with Gasteiger partial charge in [0, 0.05) is 19.6 Å². The van der Waals surface area contributed by atoms with E-state index in [2.05, 4.69) is 10.0 Å². The van der Waals surface area contributed by atoms with Gasteiger partial charge in [-0.2, -0.15) is 0 Å². The van der Waals surface area contributed by atoms with Crippen molar-refractivity contribution in [3.8, 4) is 0 Å². The molecular weight excluding hydrogens is 306 g/mol. The zero-order valence-corrected chi connectivity index (χ0v) is 13.0. The third-order valence-electron chi connectivity index (χ3n) is 3.43. The Balaban J connectivity index is 1.72. The lowest BCUT2D eigenvalue weighted by atomic mass is 10.2. The second kappa shape index (κ2) is 7.68. The normalized spacial score (nSPS) is 21.7. The van der Waals surface area contributed by atoms with Crippen molar-refractivity contribution < 1.29 is 17.9 Å². The van der Waals surface area contributed by atoms with E-state index < -0.39 is 16.1 Å². The van der Waals surface area contributed by atoms with Crippen LogP contribution in [0.2, 0.25) is 0 Å². The number of rotatable bonds is 7. The molecule has 1 fully saturated rings. The highest BCUT2D eigenvalue weighted by Crippen LogP contribution is 2.18. The third kappa shape index (κ3) is 4.51. The van der Waals surface area contributed by atoms with E-state index in [9.17, 15) is 13.2 Å². The van der Waals surface area contributed by atoms with Gasteiger partial charge in [0.1, 0.15) is 6.10 Å². The number of carbonyl (C=O) groups excluding carboxylic acids is 1. The second-order valence-corrected chi connectivity index (χ2v) is 6.83. The summed E-state index contributed by atoms with van der Waals surface area (Å²) in [7, 11) is -3.54. The lowest BCUT2D eigenvalue weighted by molar-refractivity contribution is -0.131. The predicted molar refractivity (Wildman–Crippen MR) is 81.6 cm³/mol. The SMILES string of the molecule is NC[C@H]1CC[C@@H](C(=O)NCCNS(=O)(=O)c2ccccc2)O1. The van der Waals surface area contributed by atoms with Crippen LogP contribution in [0.25, 0.3) is 0 Å². The Kier molecular flexibility index (Phi) is 5.90. The molecule has 1 aliphatic heterocycles. The smallest absolute Gasteiger partial charge is 0.249 e. The van der Waals surface area contributed by atoms with E-state index >= 15 is 0 Å². The standard InChI is InChI=1S/C14H21N3O4S/c15-10-11-6-7-13(21-11)14(18)16-8-9-17-22(19,20)12-4-2-1-3-5-12/h1-5,11,13,17H,6-10,15H2,(H,16,18)/t11-,13+/m1/s1. The summed E-state index contributed by atoms with van der Waals surface area (Å²) in [5.41, 5.74) is 5.49. The van der Waals surface area contributed by atoms with Crippen molar-refractivity contribution in [1.82, 2.24) is 10.0 Å². The maximum absolute atomic E-state index is 12.0. The van der Waals surface area contributed by atoms with E-state index in [1.807, 2.05) is 0 Å². The Hall–Kier alpha value is -1.48. The van der Waals surface area contributed by atoms with Crippen molar-refractivity contribution in [2.45, 2.75) is 29.9 Å². The maximum Gasteiger partial charge on any atom is 0.249 e. The lowest BCUT2D eigenvalue weighted by Crippen LogP contribution is -2.40. The number of hydrogen-bond acceptors (Lipinski definition) is 5. The van der Waals surface area contributed by atoms with Gasteiger partial charge in [0.15, 0.2) is 0 Å². The monoisotopic (exact) mass is 327 g/mol.